The number of likely N-dealkylation sites (tertiary alicyclic amines) is 1. The summed E-state index contributed by atoms with van der Waals surface area (Å²) in [6.07, 6.45) is 1.97. The van der Waals surface area contributed by atoms with Crippen LogP contribution in [-0.2, 0) is 25.5 Å². The number of esters is 1. The lowest BCUT2D eigenvalue weighted by atomic mass is 10.0. The van der Waals surface area contributed by atoms with Crippen LogP contribution < -0.4 is 10.7 Å². The number of alkyl halides is 3. The maximum Gasteiger partial charge on any atom is 0.355 e. The Morgan fingerprint density at radius 3 is 2.49 bits per heavy atom. The minimum Gasteiger partial charge on any atom is -0.456 e. The van der Waals surface area contributed by atoms with E-state index in [1.807, 2.05) is 43.5 Å². The normalized spacial score (nSPS) is 20.0. The van der Waals surface area contributed by atoms with E-state index in [-0.39, 0.29) is 18.0 Å². The molecule has 2 atom stereocenters. The monoisotopic (exact) mass is 596 g/mol. The number of amides is 2. The van der Waals surface area contributed by atoms with Gasteiger partial charge in [-0.1, -0.05) is 69.0 Å². The van der Waals surface area contributed by atoms with E-state index in [9.17, 15) is 14.4 Å². The molecular weight excluding hydrogens is 575 g/mol. The van der Waals surface area contributed by atoms with Crippen LogP contribution in [0.3, 0.4) is 0 Å². The summed E-state index contributed by atoms with van der Waals surface area (Å²) in [5.74, 6) is -1.52. The van der Waals surface area contributed by atoms with Gasteiger partial charge in [0, 0.05) is 22.1 Å². The predicted octanol–water partition coefficient (Wildman–Crippen LogP) is 4.72. The van der Waals surface area contributed by atoms with Crippen molar-refractivity contribution in [2.45, 2.75) is 42.4 Å². The standard InChI is InChI=1S/C21H23Cl3N4O4S3/c1-12(2)17(20(31)32-11-21(22,23)24)27-18(30)16(19(27)34-35-28-25-10-13(3)33-28)26-15(29)9-14-7-5-4-6-8-14/h4-8,10,16,19,25H,9,11H2,1-3H3,(H,26,29). The van der Waals surface area contributed by atoms with Crippen molar-refractivity contribution < 1.29 is 19.1 Å². The third-order valence-electron chi connectivity index (χ3n) is 4.65. The molecule has 0 saturated carbocycles. The zero-order valence-corrected chi connectivity index (χ0v) is 23.6. The Bertz CT molecular complexity index is 1030. The van der Waals surface area contributed by atoms with Gasteiger partial charge in [-0.25, -0.2) is 4.79 Å². The van der Waals surface area contributed by atoms with Crippen LogP contribution in [0.1, 0.15) is 26.3 Å². The molecule has 0 radical (unpaired) electrons. The Morgan fingerprint density at radius 2 is 1.91 bits per heavy atom. The van der Waals surface area contributed by atoms with Crippen LogP contribution in [0.5, 0.6) is 0 Å². The van der Waals surface area contributed by atoms with Crippen LogP contribution in [0.25, 0.3) is 0 Å². The third kappa shape index (κ3) is 7.88. The van der Waals surface area contributed by atoms with E-state index in [1.54, 1.807) is 17.7 Å². The summed E-state index contributed by atoms with van der Waals surface area (Å²) >= 11 is 18.6. The first-order valence-electron chi connectivity index (χ1n) is 10.3. The molecule has 8 nitrogen and oxygen atoms in total. The summed E-state index contributed by atoms with van der Waals surface area (Å²) in [6, 6.07) is 8.39. The second-order valence-corrected chi connectivity index (χ2v) is 13.9. The topological polar surface area (TPSA) is 91.0 Å². The largest absolute Gasteiger partial charge is 0.456 e. The number of benzene rings is 1. The molecule has 1 aromatic rings. The highest BCUT2D eigenvalue weighted by atomic mass is 35.6. The summed E-state index contributed by atoms with van der Waals surface area (Å²) < 4.78 is 5.16. The predicted molar refractivity (Wildman–Crippen MR) is 144 cm³/mol. The van der Waals surface area contributed by atoms with Crippen LogP contribution in [-0.4, -0.2) is 48.3 Å². The summed E-state index contributed by atoms with van der Waals surface area (Å²) in [7, 11) is 2.65. The van der Waals surface area contributed by atoms with Gasteiger partial charge >= 0.3 is 5.97 Å². The zero-order valence-electron chi connectivity index (χ0n) is 18.9. The lowest BCUT2D eigenvalue weighted by molar-refractivity contribution is -0.152. The summed E-state index contributed by atoms with van der Waals surface area (Å²) in [6.45, 7) is 4.84. The quantitative estimate of drug-likeness (QED) is 0.105. The van der Waals surface area contributed by atoms with Crippen molar-refractivity contribution >= 4 is 86.3 Å². The molecule has 190 valence electrons. The molecule has 2 aliphatic heterocycles. The second-order valence-electron chi connectivity index (χ2n) is 7.75. The molecule has 2 heterocycles. The van der Waals surface area contributed by atoms with Crippen LogP contribution in [0.2, 0.25) is 0 Å². The molecule has 0 aliphatic carbocycles. The van der Waals surface area contributed by atoms with Gasteiger partial charge in [-0.15, -0.1) is 0 Å². The van der Waals surface area contributed by atoms with Crippen molar-refractivity contribution in [3.05, 3.63) is 58.3 Å². The lowest BCUT2D eigenvalue weighted by Gasteiger charge is -2.46. The fourth-order valence-electron chi connectivity index (χ4n) is 3.15. The van der Waals surface area contributed by atoms with Crippen molar-refractivity contribution in [1.29, 1.82) is 0 Å². The second kappa shape index (κ2) is 12.4. The average molecular weight is 598 g/mol. The van der Waals surface area contributed by atoms with E-state index in [0.717, 1.165) is 10.5 Å². The minimum absolute atomic E-state index is 0.0484. The van der Waals surface area contributed by atoms with Gasteiger partial charge in [-0.05, 0) is 54.6 Å². The Hall–Kier alpha value is -1.21. The summed E-state index contributed by atoms with van der Waals surface area (Å²) in [5.41, 5.74) is 4.49. The number of hydrogen-bond donors (Lipinski definition) is 2. The lowest BCUT2D eigenvalue weighted by Crippen LogP contribution is -2.69. The molecule has 14 heteroatoms. The van der Waals surface area contributed by atoms with Gasteiger partial charge in [0.2, 0.25) is 9.70 Å². The van der Waals surface area contributed by atoms with E-state index < -0.39 is 33.7 Å². The third-order valence-corrected chi connectivity index (χ3v) is 8.69. The van der Waals surface area contributed by atoms with Crippen molar-refractivity contribution in [3.63, 3.8) is 0 Å². The van der Waals surface area contributed by atoms with Crippen LogP contribution in [0.15, 0.2) is 52.7 Å². The summed E-state index contributed by atoms with van der Waals surface area (Å²) in [4.78, 5) is 41.1. The number of carbonyl (C=O) groups excluding carboxylic acids is 3. The molecule has 35 heavy (non-hydrogen) atoms. The van der Waals surface area contributed by atoms with E-state index in [2.05, 4.69) is 10.7 Å². The maximum absolute atomic E-state index is 13.2. The molecule has 2 aliphatic rings. The molecule has 1 fully saturated rings. The van der Waals surface area contributed by atoms with E-state index in [4.69, 9.17) is 39.5 Å². The first-order valence-corrected chi connectivity index (χ1v) is 14.4. The van der Waals surface area contributed by atoms with Crippen molar-refractivity contribution in [2.24, 2.45) is 0 Å². The molecular formula is C21H23Cl3N4O4S3. The number of nitrogens with zero attached hydrogens (tertiary/aromatic N) is 2. The molecule has 2 N–H and O–H groups in total. The van der Waals surface area contributed by atoms with Gasteiger partial charge in [0.15, 0.2) is 0 Å². The SMILES string of the molecule is CC1=CNN(SSC2C(NC(=O)Cc3ccccc3)C(=O)N2C(C(=O)OCC(Cl)(Cl)Cl)=C(C)C)S1. The number of hydrazine groups is 1. The number of hydrogen-bond acceptors (Lipinski definition) is 9. The number of ether oxygens (including phenoxy) is 1. The van der Waals surface area contributed by atoms with Gasteiger partial charge in [0.1, 0.15) is 23.7 Å². The zero-order chi connectivity index (χ0) is 25.8. The van der Waals surface area contributed by atoms with Crippen LogP contribution in [0, 0.1) is 0 Å². The molecule has 2 amide bonds. The number of rotatable bonds is 9. The molecule has 1 saturated heterocycles. The first kappa shape index (κ1) is 28.4. The van der Waals surface area contributed by atoms with Crippen molar-refractivity contribution in [1.82, 2.24) is 19.5 Å². The average Bonchev–Trinajstić information content (AvgIpc) is 3.20. The minimum atomic E-state index is -1.79. The van der Waals surface area contributed by atoms with Gasteiger partial charge < -0.3 is 15.5 Å². The molecule has 0 bridgehead atoms. The van der Waals surface area contributed by atoms with E-state index >= 15 is 0 Å². The van der Waals surface area contributed by atoms with Crippen LogP contribution in [0.4, 0.5) is 0 Å². The number of β-lactam (4-membered cyclic amide) rings is 1. The number of halogens is 3. The molecule has 1 aromatic carbocycles. The fourth-order valence-corrected chi connectivity index (χ4v) is 6.92. The van der Waals surface area contributed by atoms with Crippen LogP contribution >= 0.6 is 68.5 Å². The van der Waals surface area contributed by atoms with Crippen molar-refractivity contribution in [3.8, 4) is 0 Å². The van der Waals surface area contributed by atoms with Crippen molar-refractivity contribution in [2.75, 3.05) is 6.61 Å². The number of carbonyl (C=O) groups is 3. The highest BCUT2D eigenvalue weighted by Gasteiger charge is 2.52. The van der Waals surface area contributed by atoms with Gasteiger partial charge in [0.25, 0.3) is 5.91 Å². The molecule has 0 spiro atoms. The summed E-state index contributed by atoms with van der Waals surface area (Å²) in [5, 5.41) is 2.22. The van der Waals surface area contributed by atoms with Gasteiger partial charge in [0.05, 0.1) is 6.42 Å². The Labute approximate surface area is 231 Å². The Balaban J connectivity index is 1.75. The molecule has 0 aromatic heterocycles. The smallest absolute Gasteiger partial charge is 0.355 e. The Morgan fingerprint density at radius 1 is 1.23 bits per heavy atom. The van der Waals surface area contributed by atoms with Gasteiger partial charge in [-0.2, -0.15) is 0 Å². The number of nitrogens with one attached hydrogen (secondary N) is 2. The number of allylic oxidation sites excluding steroid dienone is 2. The highest BCUT2D eigenvalue weighted by Crippen LogP contribution is 2.45. The van der Waals surface area contributed by atoms with Gasteiger partial charge in [-0.3, -0.25) is 14.5 Å². The fraction of sp³-hybridized carbons (Fsp3) is 0.381. The van der Waals surface area contributed by atoms with E-state index in [1.165, 1.54) is 38.6 Å². The Kier molecular flexibility index (Phi) is 10.0. The molecule has 2 unspecified atom stereocenters. The highest BCUT2D eigenvalue weighted by molar-refractivity contribution is 8.77. The van der Waals surface area contributed by atoms with E-state index in [0.29, 0.717) is 5.57 Å². The maximum atomic E-state index is 13.2. The first-order chi connectivity index (χ1) is 16.5. The molecule has 3 rings (SSSR count).